The molecule has 0 aliphatic heterocycles. The van der Waals surface area contributed by atoms with Gasteiger partial charge in [0.15, 0.2) is 0 Å². The third-order valence-electron chi connectivity index (χ3n) is 2.15. The summed E-state index contributed by atoms with van der Waals surface area (Å²) in [7, 11) is 0. The van der Waals surface area contributed by atoms with Gasteiger partial charge >= 0.3 is 5.97 Å². The molecule has 0 fully saturated rings. The van der Waals surface area contributed by atoms with Gasteiger partial charge in [0.1, 0.15) is 0 Å². The average molecular weight is 237 g/mol. The minimum atomic E-state index is -0.155. The van der Waals surface area contributed by atoms with Gasteiger partial charge in [-0.05, 0) is 18.9 Å². The number of carbonyl (C=O) groups excluding carboxylic acids is 1. The maximum atomic E-state index is 11.0. The molecule has 0 amide bonds. The first-order valence-corrected chi connectivity index (χ1v) is 5.87. The van der Waals surface area contributed by atoms with E-state index in [0.717, 1.165) is 5.56 Å². The van der Waals surface area contributed by atoms with E-state index in [0.29, 0.717) is 32.6 Å². The maximum Gasteiger partial charge on any atom is 0.305 e. The third-order valence-corrected chi connectivity index (χ3v) is 2.15. The van der Waals surface area contributed by atoms with Crippen LogP contribution in [-0.2, 0) is 21.0 Å². The van der Waals surface area contributed by atoms with Crippen LogP contribution in [0.2, 0.25) is 0 Å². The molecule has 0 saturated carbocycles. The van der Waals surface area contributed by atoms with Crippen molar-refractivity contribution in [1.29, 1.82) is 0 Å². The van der Waals surface area contributed by atoms with Crippen molar-refractivity contribution in [2.24, 2.45) is 0 Å². The van der Waals surface area contributed by atoms with Crippen LogP contribution in [0.15, 0.2) is 30.3 Å². The molecular weight excluding hydrogens is 218 g/mol. The number of ether oxygens (including phenoxy) is 1. The van der Waals surface area contributed by atoms with Crippen LogP contribution in [0.25, 0.3) is 0 Å². The Kier molecular flexibility index (Phi) is 7.02. The van der Waals surface area contributed by atoms with E-state index in [1.807, 2.05) is 30.3 Å². The van der Waals surface area contributed by atoms with E-state index in [1.165, 1.54) is 0 Å². The second-order valence-electron chi connectivity index (χ2n) is 3.58. The van der Waals surface area contributed by atoms with Crippen molar-refractivity contribution < 1.29 is 14.4 Å². The van der Waals surface area contributed by atoms with Gasteiger partial charge in [-0.25, -0.2) is 5.48 Å². The molecule has 0 aromatic heterocycles. The topological polar surface area (TPSA) is 47.6 Å². The molecule has 4 heteroatoms. The van der Waals surface area contributed by atoms with Gasteiger partial charge in [0, 0.05) is 13.0 Å². The lowest BCUT2D eigenvalue weighted by atomic mass is 10.2. The van der Waals surface area contributed by atoms with Crippen molar-refractivity contribution in [3.05, 3.63) is 35.9 Å². The van der Waals surface area contributed by atoms with Gasteiger partial charge in [-0.2, -0.15) is 0 Å². The summed E-state index contributed by atoms with van der Waals surface area (Å²) in [5.41, 5.74) is 3.94. The Morgan fingerprint density at radius 1 is 1.29 bits per heavy atom. The molecule has 94 valence electrons. The highest BCUT2D eigenvalue weighted by atomic mass is 16.6. The number of rotatable bonds is 8. The number of hydrogen-bond donors (Lipinski definition) is 1. The summed E-state index contributed by atoms with van der Waals surface area (Å²) in [6, 6.07) is 9.91. The molecule has 1 N–H and O–H groups in total. The Bertz CT molecular complexity index is 314. The summed E-state index contributed by atoms with van der Waals surface area (Å²) >= 11 is 0. The van der Waals surface area contributed by atoms with Crippen molar-refractivity contribution in [2.75, 3.05) is 13.2 Å². The van der Waals surface area contributed by atoms with Crippen LogP contribution < -0.4 is 5.48 Å². The predicted molar refractivity (Wildman–Crippen MR) is 65.1 cm³/mol. The van der Waals surface area contributed by atoms with Gasteiger partial charge in [0.25, 0.3) is 0 Å². The Morgan fingerprint density at radius 2 is 2.06 bits per heavy atom. The Hall–Kier alpha value is -1.39. The highest BCUT2D eigenvalue weighted by Gasteiger charge is 2.00. The number of hydroxylamine groups is 1. The Balaban J connectivity index is 1.96. The monoisotopic (exact) mass is 237 g/mol. The summed E-state index contributed by atoms with van der Waals surface area (Å²) in [6.07, 6.45) is 1.14. The van der Waals surface area contributed by atoms with E-state index < -0.39 is 0 Å². The molecule has 0 heterocycles. The molecule has 0 bridgehead atoms. The fourth-order valence-electron chi connectivity index (χ4n) is 1.32. The zero-order chi connectivity index (χ0) is 12.3. The maximum absolute atomic E-state index is 11.0. The number of hydrogen-bond acceptors (Lipinski definition) is 4. The lowest BCUT2D eigenvalue weighted by Gasteiger charge is -2.05. The highest BCUT2D eigenvalue weighted by molar-refractivity contribution is 5.69. The molecular formula is C13H19NO3. The number of nitrogens with one attached hydrogen (secondary N) is 1. The van der Waals surface area contributed by atoms with Crippen LogP contribution in [0.5, 0.6) is 0 Å². The SMILES string of the molecule is CCOC(=O)CCCNOCc1ccccc1. The second-order valence-corrected chi connectivity index (χ2v) is 3.58. The van der Waals surface area contributed by atoms with Crippen molar-refractivity contribution in [3.8, 4) is 0 Å². The van der Waals surface area contributed by atoms with Crippen LogP contribution in [0.4, 0.5) is 0 Å². The smallest absolute Gasteiger partial charge is 0.305 e. The third kappa shape index (κ3) is 6.71. The molecule has 17 heavy (non-hydrogen) atoms. The van der Waals surface area contributed by atoms with E-state index >= 15 is 0 Å². The lowest BCUT2D eigenvalue weighted by molar-refractivity contribution is -0.143. The molecule has 1 aromatic carbocycles. The van der Waals surface area contributed by atoms with Gasteiger partial charge < -0.3 is 4.74 Å². The quantitative estimate of drug-likeness (QED) is 0.427. The van der Waals surface area contributed by atoms with E-state index in [9.17, 15) is 4.79 Å². The largest absolute Gasteiger partial charge is 0.466 e. The standard InChI is InChI=1S/C13H19NO3/c1-2-16-13(15)9-6-10-14-17-11-12-7-4-3-5-8-12/h3-5,7-8,14H,2,6,9-11H2,1H3. The fraction of sp³-hybridized carbons (Fsp3) is 0.462. The fourth-order valence-corrected chi connectivity index (χ4v) is 1.32. The van der Waals surface area contributed by atoms with Gasteiger partial charge in [0.2, 0.25) is 0 Å². The molecule has 0 atom stereocenters. The molecule has 0 aliphatic rings. The normalized spacial score (nSPS) is 10.2. The lowest BCUT2D eigenvalue weighted by Crippen LogP contribution is -2.17. The van der Waals surface area contributed by atoms with Crippen LogP contribution >= 0.6 is 0 Å². The minimum Gasteiger partial charge on any atom is -0.466 e. The summed E-state index contributed by atoms with van der Waals surface area (Å²) < 4.78 is 4.81. The molecule has 0 saturated heterocycles. The summed E-state index contributed by atoms with van der Waals surface area (Å²) in [4.78, 5) is 16.3. The van der Waals surface area contributed by atoms with Gasteiger partial charge in [-0.15, -0.1) is 0 Å². The highest BCUT2D eigenvalue weighted by Crippen LogP contribution is 1.99. The van der Waals surface area contributed by atoms with E-state index in [2.05, 4.69) is 5.48 Å². The van der Waals surface area contributed by atoms with Crippen molar-refractivity contribution in [1.82, 2.24) is 5.48 Å². The van der Waals surface area contributed by atoms with Crippen molar-refractivity contribution in [3.63, 3.8) is 0 Å². The van der Waals surface area contributed by atoms with E-state index in [1.54, 1.807) is 6.92 Å². The van der Waals surface area contributed by atoms with E-state index in [-0.39, 0.29) is 5.97 Å². The van der Waals surface area contributed by atoms with Gasteiger partial charge in [-0.1, -0.05) is 30.3 Å². The summed E-state index contributed by atoms with van der Waals surface area (Å²) in [5.74, 6) is -0.155. The molecule has 0 radical (unpaired) electrons. The summed E-state index contributed by atoms with van der Waals surface area (Å²) in [6.45, 7) is 3.42. The second kappa shape index (κ2) is 8.73. The van der Waals surface area contributed by atoms with Gasteiger partial charge in [0.05, 0.1) is 13.2 Å². The van der Waals surface area contributed by atoms with Gasteiger partial charge in [-0.3, -0.25) is 9.63 Å². The minimum absolute atomic E-state index is 0.155. The first kappa shape index (κ1) is 13.7. The Labute approximate surface area is 102 Å². The van der Waals surface area contributed by atoms with Crippen LogP contribution in [-0.4, -0.2) is 19.1 Å². The molecule has 1 aromatic rings. The van der Waals surface area contributed by atoms with Crippen molar-refractivity contribution in [2.45, 2.75) is 26.4 Å². The van der Waals surface area contributed by atoms with E-state index in [4.69, 9.17) is 9.57 Å². The Morgan fingerprint density at radius 3 is 2.76 bits per heavy atom. The van der Waals surface area contributed by atoms with Crippen LogP contribution in [0.1, 0.15) is 25.3 Å². The molecule has 1 rings (SSSR count). The number of benzene rings is 1. The first-order chi connectivity index (χ1) is 8.33. The molecule has 4 nitrogen and oxygen atoms in total. The zero-order valence-corrected chi connectivity index (χ0v) is 10.1. The first-order valence-electron chi connectivity index (χ1n) is 5.87. The molecule has 0 spiro atoms. The van der Waals surface area contributed by atoms with Crippen molar-refractivity contribution >= 4 is 5.97 Å². The molecule has 0 unspecified atom stereocenters. The molecule has 0 aliphatic carbocycles. The average Bonchev–Trinajstić information content (AvgIpc) is 2.35. The van der Waals surface area contributed by atoms with Crippen LogP contribution in [0, 0.1) is 0 Å². The predicted octanol–water partition coefficient (Wildman–Crippen LogP) is 2.05. The number of esters is 1. The summed E-state index contributed by atoms with van der Waals surface area (Å²) in [5, 5.41) is 0. The zero-order valence-electron chi connectivity index (χ0n) is 10.1. The van der Waals surface area contributed by atoms with Crippen LogP contribution in [0.3, 0.4) is 0 Å². The number of carbonyl (C=O) groups is 1.